The molecule has 0 atom stereocenters. The van der Waals surface area contributed by atoms with E-state index < -0.39 is 0 Å². The normalized spacial score (nSPS) is 10.9. The molecule has 18 heavy (non-hydrogen) atoms. The van der Waals surface area contributed by atoms with Crippen LogP contribution in [0, 0.1) is 0 Å². The smallest absolute Gasteiger partial charge is 0.0547 e. The molecular formula is C15H25N3. The maximum atomic E-state index is 4.66. The van der Waals surface area contributed by atoms with Crippen LogP contribution >= 0.6 is 0 Å². The Balaban J connectivity index is 2.50. The van der Waals surface area contributed by atoms with Crippen LogP contribution in [0.4, 0.5) is 0 Å². The van der Waals surface area contributed by atoms with Crippen molar-refractivity contribution < 1.29 is 0 Å². The molecule has 0 radical (unpaired) electrons. The fraction of sp³-hybridized carbons (Fsp3) is 0.533. The van der Waals surface area contributed by atoms with Gasteiger partial charge in [-0.05, 0) is 39.1 Å². The van der Waals surface area contributed by atoms with Crippen molar-refractivity contribution in [3.8, 4) is 0 Å². The first kappa shape index (κ1) is 14.9. The predicted octanol–water partition coefficient (Wildman–Crippen LogP) is 2.59. The second kappa shape index (κ2) is 8.01. The predicted molar refractivity (Wildman–Crippen MR) is 77.4 cm³/mol. The molecule has 1 heterocycles. The summed E-state index contributed by atoms with van der Waals surface area (Å²) in [4.78, 5) is 6.89. The lowest BCUT2D eigenvalue weighted by Crippen LogP contribution is -2.21. The molecule has 0 fully saturated rings. The Morgan fingerprint density at radius 1 is 1.39 bits per heavy atom. The van der Waals surface area contributed by atoms with Gasteiger partial charge in [0.1, 0.15) is 0 Å². The first-order valence-electron chi connectivity index (χ1n) is 6.60. The van der Waals surface area contributed by atoms with Crippen LogP contribution in [0.3, 0.4) is 0 Å². The zero-order valence-corrected chi connectivity index (χ0v) is 11.9. The molecule has 3 heteroatoms. The quantitative estimate of drug-likeness (QED) is 0.565. The minimum absolute atomic E-state index is 0.853. The number of hydrogen-bond donors (Lipinski definition) is 1. The summed E-state index contributed by atoms with van der Waals surface area (Å²) in [5.74, 6) is 0. The third-order valence-electron chi connectivity index (χ3n) is 2.57. The van der Waals surface area contributed by atoms with Crippen molar-refractivity contribution in [2.45, 2.75) is 33.4 Å². The lowest BCUT2D eigenvalue weighted by molar-refractivity contribution is 0.350. The Morgan fingerprint density at radius 2 is 2.11 bits per heavy atom. The van der Waals surface area contributed by atoms with E-state index in [9.17, 15) is 0 Å². The lowest BCUT2D eigenvalue weighted by atomic mass is 10.2. The molecule has 1 aromatic rings. The van der Waals surface area contributed by atoms with E-state index in [1.54, 1.807) is 0 Å². The van der Waals surface area contributed by atoms with Gasteiger partial charge in [0.15, 0.2) is 0 Å². The largest absolute Gasteiger partial charge is 0.311 e. The molecule has 1 rings (SSSR count). The highest BCUT2D eigenvalue weighted by Crippen LogP contribution is 2.04. The highest BCUT2D eigenvalue weighted by Gasteiger charge is 2.02. The summed E-state index contributed by atoms with van der Waals surface area (Å²) < 4.78 is 0. The zero-order chi connectivity index (χ0) is 13.4. The fourth-order valence-electron chi connectivity index (χ4n) is 1.90. The summed E-state index contributed by atoms with van der Waals surface area (Å²) in [7, 11) is 2.10. The van der Waals surface area contributed by atoms with Gasteiger partial charge in [-0.2, -0.15) is 0 Å². The molecule has 1 aromatic heterocycles. The number of rotatable bonds is 8. The van der Waals surface area contributed by atoms with E-state index in [0.29, 0.717) is 0 Å². The summed E-state index contributed by atoms with van der Waals surface area (Å²) in [5, 5.41) is 3.37. The first-order valence-corrected chi connectivity index (χ1v) is 6.60. The van der Waals surface area contributed by atoms with Crippen molar-refractivity contribution >= 4 is 0 Å². The van der Waals surface area contributed by atoms with Crippen LogP contribution in [0.25, 0.3) is 0 Å². The van der Waals surface area contributed by atoms with Gasteiger partial charge in [-0.3, -0.25) is 9.88 Å². The van der Waals surface area contributed by atoms with Crippen LogP contribution in [-0.4, -0.2) is 30.0 Å². The molecular weight excluding hydrogens is 222 g/mol. The van der Waals surface area contributed by atoms with Crippen molar-refractivity contribution in [2.24, 2.45) is 0 Å². The van der Waals surface area contributed by atoms with Gasteiger partial charge in [0.25, 0.3) is 0 Å². The van der Waals surface area contributed by atoms with E-state index in [0.717, 1.165) is 44.0 Å². The molecule has 3 nitrogen and oxygen atoms in total. The molecule has 0 aromatic carbocycles. The molecule has 0 spiro atoms. The van der Waals surface area contributed by atoms with Crippen LogP contribution in [0.5, 0.6) is 0 Å². The van der Waals surface area contributed by atoms with Crippen molar-refractivity contribution in [3.63, 3.8) is 0 Å². The minimum atomic E-state index is 0.853. The van der Waals surface area contributed by atoms with Gasteiger partial charge >= 0.3 is 0 Å². The SMILES string of the molecule is C=C(C)CN(C)Cc1cccc(CNCCC)n1. The van der Waals surface area contributed by atoms with E-state index in [-0.39, 0.29) is 0 Å². The third-order valence-corrected chi connectivity index (χ3v) is 2.57. The molecule has 0 unspecified atom stereocenters. The average molecular weight is 247 g/mol. The summed E-state index contributed by atoms with van der Waals surface area (Å²) in [5.41, 5.74) is 3.41. The zero-order valence-electron chi connectivity index (χ0n) is 11.9. The van der Waals surface area contributed by atoms with Crippen LogP contribution in [0.2, 0.25) is 0 Å². The second-order valence-electron chi connectivity index (χ2n) is 4.93. The van der Waals surface area contributed by atoms with E-state index in [1.807, 2.05) is 0 Å². The van der Waals surface area contributed by atoms with E-state index in [4.69, 9.17) is 0 Å². The first-order chi connectivity index (χ1) is 8.61. The Hall–Kier alpha value is -1.19. The molecule has 0 saturated carbocycles. The Kier molecular flexibility index (Phi) is 6.61. The molecule has 0 bridgehead atoms. The van der Waals surface area contributed by atoms with Gasteiger partial charge in [0, 0.05) is 19.6 Å². The molecule has 0 saturated heterocycles. The highest BCUT2D eigenvalue weighted by atomic mass is 15.1. The number of aromatic nitrogens is 1. The van der Waals surface area contributed by atoms with E-state index in [1.165, 1.54) is 5.57 Å². The van der Waals surface area contributed by atoms with Crippen LogP contribution in [0.1, 0.15) is 31.7 Å². The van der Waals surface area contributed by atoms with Crippen LogP contribution in [0.15, 0.2) is 30.4 Å². The van der Waals surface area contributed by atoms with Gasteiger partial charge in [-0.25, -0.2) is 0 Å². The van der Waals surface area contributed by atoms with Gasteiger partial charge in [-0.1, -0.05) is 25.1 Å². The fourth-order valence-corrected chi connectivity index (χ4v) is 1.90. The molecule has 0 amide bonds. The van der Waals surface area contributed by atoms with Crippen molar-refractivity contribution in [3.05, 3.63) is 41.7 Å². The third kappa shape index (κ3) is 5.94. The molecule has 0 aliphatic heterocycles. The number of nitrogens with one attached hydrogen (secondary N) is 1. The van der Waals surface area contributed by atoms with Crippen molar-refractivity contribution in [2.75, 3.05) is 20.1 Å². The summed E-state index contributed by atoms with van der Waals surface area (Å²) in [6, 6.07) is 6.24. The minimum Gasteiger partial charge on any atom is -0.311 e. The topological polar surface area (TPSA) is 28.2 Å². The number of hydrogen-bond acceptors (Lipinski definition) is 3. The van der Waals surface area contributed by atoms with Crippen molar-refractivity contribution in [1.29, 1.82) is 0 Å². The Morgan fingerprint density at radius 3 is 2.78 bits per heavy atom. The van der Waals surface area contributed by atoms with E-state index >= 15 is 0 Å². The maximum absolute atomic E-state index is 4.66. The van der Waals surface area contributed by atoms with Crippen molar-refractivity contribution in [1.82, 2.24) is 15.2 Å². The lowest BCUT2D eigenvalue weighted by Gasteiger charge is -2.16. The Labute approximate surface area is 111 Å². The number of likely N-dealkylation sites (N-methyl/N-ethyl adjacent to an activating group) is 1. The average Bonchev–Trinajstić information content (AvgIpc) is 2.28. The molecule has 100 valence electrons. The van der Waals surface area contributed by atoms with Gasteiger partial charge in [0.05, 0.1) is 11.4 Å². The molecule has 0 aliphatic rings. The van der Waals surface area contributed by atoms with E-state index in [2.05, 4.69) is 60.9 Å². The maximum Gasteiger partial charge on any atom is 0.0547 e. The standard InChI is InChI=1S/C15H25N3/c1-5-9-16-10-14-7-6-8-15(17-14)12-18(4)11-13(2)3/h6-8,16H,2,5,9-12H2,1,3-4H3. The monoisotopic (exact) mass is 247 g/mol. The number of pyridine rings is 1. The van der Waals surface area contributed by atoms with Crippen LogP contribution in [-0.2, 0) is 13.1 Å². The van der Waals surface area contributed by atoms with Crippen LogP contribution < -0.4 is 5.32 Å². The summed E-state index contributed by atoms with van der Waals surface area (Å²) in [6.45, 7) is 11.8. The molecule has 1 N–H and O–H groups in total. The van der Waals surface area contributed by atoms with Gasteiger partial charge < -0.3 is 5.32 Å². The highest BCUT2D eigenvalue weighted by molar-refractivity contribution is 5.11. The van der Waals surface area contributed by atoms with Gasteiger partial charge in [0.2, 0.25) is 0 Å². The Bertz CT molecular complexity index is 374. The molecule has 0 aliphatic carbocycles. The summed E-state index contributed by atoms with van der Waals surface area (Å²) >= 11 is 0. The van der Waals surface area contributed by atoms with Gasteiger partial charge in [-0.15, -0.1) is 0 Å². The number of nitrogens with zero attached hydrogens (tertiary/aromatic N) is 2. The summed E-state index contributed by atoms with van der Waals surface area (Å²) in [6.07, 6.45) is 1.15. The second-order valence-corrected chi connectivity index (χ2v) is 4.93.